The Labute approximate surface area is 123 Å². The molecule has 0 saturated carbocycles. The van der Waals surface area contributed by atoms with E-state index in [4.69, 9.17) is 0 Å². The van der Waals surface area contributed by atoms with Crippen LogP contribution in [0.2, 0.25) is 0 Å². The van der Waals surface area contributed by atoms with Gasteiger partial charge >= 0.3 is 0 Å². The van der Waals surface area contributed by atoms with Gasteiger partial charge in [-0.1, -0.05) is 30.3 Å². The Bertz CT molecular complexity index is 542. The summed E-state index contributed by atoms with van der Waals surface area (Å²) in [5.41, 5.74) is 0.862. The molecule has 1 aromatic carbocycles. The second-order valence-corrected chi connectivity index (χ2v) is 5.04. The maximum Gasteiger partial charge on any atom is 0.222 e. The summed E-state index contributed by atoms with van der Waals surface area (Å²) in [7, 11) is 0. The average molecular weight is 288 g/mol. The van der Waals surface area contributed by atoms with Gasteiger partial charge in [0.25, 0.3) is 0 Å². The molecule has 2 unspecified atom stereocenters. The van der Waals surface area contributed by atoms with E-state index in [9.17, 15) is 9.90 Å². The second kappa shape index (κ2) is 7.54. The minimum Gasteiger partial charge on any atom is -0.388 e. The first-order valence-corrected chi connectivity index (χ1v) is 7.00. The number of aliphatic hydroxyl groups is 1. The van der Waals surface area contributed by atoms with Crippen LogP contribution in [0.25, 0.3) is 0 Å². The zero-order valence-corrected chi connectivity index (χ0v) is 12.0. The summed E-state index contributed by atoms with van der Waals surface area (Å²) in [5, 5.41) is 16.9. The molecule has 2 atom stereocenters. The first kappa shape index (κ1) is 15.2. The molecule has 112 valence electrons. The number of aryl methyl sites for hydroxylation is 1. The molecule has 21 heavy (non-hydrogen) atoms. The number of aromatic nitrogens is 3. The van der Waals surface area contributed by atoms with E-state index in [1.165, 1.54) is 6.33 Å². The van der Waals surface area contributed by atoms with Crippen molar-refractivity contribution in [3.8, 4) is 0 Å². The first-order chi connectivity index (χ1) is 10.1. The Balaban J connectivity index is 1.73. The fourth-order valence-corrected chi connectivity index (χ4v) is 2.12. The molecule has 1 aromatic heterocycles. The second-order valence-electron chi connectivity index (χ2n) is 5.04. The van der Waals surface area contributed by atoms with Crippen molar-refractivity contribution in [2.75, 3.05) is 0 Å². The number of carbonyl (C=O) groups excluding carboxylic acids is 1. The van der Waals surface area contributed by atoms with Crippen molar-refractivity contribution < 1.29 is 9.90 Å². The largest absolute Gasteiger partial charge is 0.388 e. The summed E-state index contributed by atoms with van der Waals surface area (Å²) in [6, 6.07) is 9.35. The van der Waals surface area contributed by atoms with Crippen LogP contribution in [0.1, 0.15) is 31.4 Å². The highest BCUT2D eigenvalue weighted by molar-refractivity contribution is 5.76. The van der Waals surface area contributed by atoms with E-state index >= 15 is 0 Å². The fourth-order valence-electron chi connectivity index (χ4n) is 2.12. The van der Waals surface area contributed by atoms with Crippen molar-refractivity contribution in [2.24, 2.45) is 0 Å². The Hall–Kier alpha value is -2.21. The highest BCUT2D eigenvalue weighted by Crippen LogP contribution is 2.17. The lowest BCUT2D eigenvalue weighted by Crippen LogP contribution is -2.34. The molecule has 2 N–H and O–H groups in total. The zero-order chi connectivity index (χ0) is 15.1. The van der Waals surface area contributed by atoms with Crippen LogP contribution >= 0.6 is 0 Å². The van der Waals surface area contributed by atoms with Crippen LogP contribution in [0.5, 0.6) is 0 Å². The lowest BCUT2D eigenvalue weighted by Gasteiger charge is -2.18. The van der Waals surface area contributed by atoms with Gasteiger partial charge in [0.1, 0.15) is 12.7 Å². The number of hydrogen-bond donors (Lipinski definition) is 2. The highest BCUT2D eigenvalue weighted by Gasteiger charge is 2.14. The van der Waals surface area contributed by atoms with E-state index in [-0.39, 0.29) is 11.9 Å². The lowest BCUT2D eigenvalue weighted by atomic mass is 10.0. The summed E-state index contributed by atoms with van der Waals surface area (Å²) in [4.78, 5) is 15.6. The number of amides is 1. The number of carbonyl (C=O) groups is 1. The van der Waals surface area contributed by atoms with E-state index < -0.39 is 6.10 Å². The molecular formula is C15H20N4O2. The van der Waals surface area contributed by atoms with E-state index in [2.05, 4.69) is 15.4 Å². The summed E-state index contributed by atoms with van der Waals surface area (Å²) < 4.78 is 1.61. The molecule has 0 aliphatic carbocycles. The third-order valence-corrected chi connectivity index (χ3v) is 3.20. The number of nitrogens with zero attached hydrogens (tertiary/aromatic N) is 3. The van der Waals surface area contributed by atoms with E-state index in [1.807, 2.05) is 37.3 Å². The minimum absolute atomic E-state index is 0.0572. The molecule has 0 spiro atoms. The minimum atomic E-state index is -0.572. The van der Waals surface area contributed by atoms with Gasteiger partial charge in [0.2, 0.25) is 5.91 Å². The zero-order valence-electron chi connectivity index (χ0n) is 12.0. The number of hydrogen-bond acceptors (Lipinski definition) is 4. The summed E-state index contributed by atoms with van der Waals surface area (Å²) in [5.74, 6) is -0.0572. The molecule has 6 nitrogen and oxygen atoms in total. The molecule has 0 radical (unpaired) electrons. The van der Waals surface area contributed by atoms with E-state index in [1.54, 1.807) is 11.0 Å². The predicted molar refractivity (Wildman–Crippen MR) is 78.3 cm³/mol. The maximum absolute atomic E-state index is 11.8. The molecule has 6 heteroatoms. The van der Waals surface area contributed by atoms with E-state index in [0.29, 0.717) is 19.4 Å². The number of benzene rings is 1. The number of rotatable bonds is 7. The quantitative estimate of drug-likeness (QED) is 0.804. The van der Waals surface area contributed by atoms with Crippen LogP contribution in [-0.4, -0.2) is 31.8 Å². The third kappa shape index (κ3) is 5.00. The molecule has 0 bridgehead atoms. The molecule has 0 aliphatic heterocycles. The summed E-state index contributed by atoms with van der Waals surface area (Å²) >= 11 is 0. The highest BCUT2D eigenvalue weighted by atomic mass is 16.3. The summed E-state index contributed by atoms with van der Waals surface area (Å²) in [6.45, 7) is 2.39. The Kier molecular flexibility index (Phi) is 5.45. The smallest absolute Gasteiger partial charge is 0.222 e. The molecule has 2 aromatic rings. The number of aliphatic hydroxyl groups excluding tert-OH is 1. The molecule has 0 aliphatic rings. The van der Waals surface area contributed by atoms with Crippen LogP contribution < -0.4 is 5.32 Å². The summed E-state index contributed by atoms with van der Waals surface area (Å²) in [6.07, 6.45) is 3.28. The monoisotopic (exact) mass is 288 g/mol. The van der Waals surface area contributed by atoms with Gasteiger partial charge in [-0.15, -0.1) is 0 Å². The average Bonchev–Trinajstić information content (AvgIpc) is 2.99. The van der Waals surface area contributed by atoms with Crippen LogP contribution in [0, 0.1) is 0 Å². The predicted octanol–water partition coefficient (Wildman–Crippen LogP) is 1.30. The van der Waals surface area contributed by atoms with Crippen LogP contribution in [0.3, 0.4) is 0 Å². The normalized spacial score (nSPS) is 13.6. The van der Waals surface area contributed by atoms with Crippen LogP contribution in [-0.2, 0) is 11.3 Å². The molecule has 0 saturated heterocycles. The van der Waals surface area contributed by atoms with E-state index in [0.717, 1.165) is 5.56 Å². The van der Waals surface area contributed by atoms with Gasteiger partial charge in [-0.25, -0.2) is 4.98 Å². The third-order valence-electron chi connectivity index (χ3n) is 3.20. The van der Waals surface area contributed by atoms with Gasteiger partial charge < -0.3 is 10.4 Å². The standard InChI is InChI=1S/C15H20N4O2/c1-12(9-14(20)13-5-3-2-4-6-13)18-15(21)7-8-19-11-16-10-17-19/h2-6,10-12,14,20H,7-9H2,1H3,(H,18,21). The molecule has 2 rings (SSSR count). The van der Waals surface area contributed by atoms with Gasteiger partial charge in [-0.2, -0.15) is 5.10 Å². The van der Waals surface area contributed by atoms with Gasteiger partial charge in [-0.3, -0.25) is 9.48 Å². The lowest BCUT2D eigenvalue weighted by molar-refractivity contribution is -0.122. The Morgan fingerprint density at radius 1 is 1.38 bits per heavy atom. The van der Waals surface area contributed by atoms with Gasteiger partial charge in [0.15, 0.2) is 0 Å². The van der Waals surface area contributed by atoms with Gasteiger partial charge in [-0.05, 0) is 18.9 Å². The number of nitrogens with one attached hydrogen (secondary N) is 1. The van der Waals surface area contributed by atoms with Crippen molar-refractivity contribution >= 4 is 5.91 Å². The van der Waals surface area contributed by atoms with Gasteiger partial charge in [0.05, 0.1) is 12.6 Å². The topological polar surface area (TPSA) is 80.0 Å². The van der Waals surface area contributed by atoms with Crippen molar-refractivity contribution in [1.29, 1.82) is 0 Å². The molecule has 0 fully saturated rings. The van der Waals surface area contributed by atoms with Crippen molar-refractivity contribution in [3.63, 3.8) is 0 Å². The SMILES string of the molecule is CC(CC(O)c1ccccc1)NC(=O)CCn1cncn1. The first-order valence-electron chi connectivity index (χ1n) is 7.00. The molecule has 1 amide bonds. The fraction of sp³-hybridized carbons (Fsp3) is 0.400. The van der Waals surface area contributed by atoms with Crippen molar-refractivity contribution in [1.82, 2.24) is 20.1 Å². The Morgan fingerprint density at radius 3 is 2.81 bits per heavy atom. The van der Waals surface area contributed by atoms with Gasteiger partial charge in [0, 0.05) is 12.5 Å². The van der Waals surface area contributed by atoms with Crippen LogP contribution in [0.15, 0.2) is 43.0 Å². The molecular weight excluding hydrogens is 268 g/mol. The Morgan fingerprint density at radius 2 is 2.14 bits per heavy atom. The van der Waals surface area contributed by atoms with Crippen molar-refractivity contribution in [2.45, 2.75) is 38.5 Å². The van der Waals surface area contributed by atoms with Crippen molar-refractivity contribution in [3.05, 3.63) is 48.5 Å². The molecule has 1 heterocycles. The van der Waals surface area contributed by atoms with Crippen LogP contribution in [0.4, 0.5) is 0 Å². The maximum atomic E-state index is 11.8.